The van der Waals surface area contributed by atoms with Crippen molar-refractivity contribution in [1.29, 1.82) is 5.41 Å². The van der Waals surface area contributed by atoms with Crippen molar-refractivity contribution in [3.8, 4) is 11.1 Å². The zero-order valence-corrected chi connectivity index (χ0v) is 17.7. The van der Waals surface area contributed by atoms with Gasteiger partial charge >= 0.3 is 6.09 Å². The Bertz CT molecular complexity index is 1190. The highest BCUT2D eigenvalue weighted by atomic mass is 16.5. The molecule has 0 aliphatic carbocycles. The molecule has 0 saturated carbocycles. The number of rotatable bonds is 6. The van der Waals surface area contributed by atoms with Crippen molar-refractivity contribution in [2.75, 3.05) is 11.9 Å². The van der Waals surface area contributed by atoms with E-state index in [0.717, 1.165) is 0 Å². The third-order valence-corrected chi connectivity index (χ3v) is 4.67. The van der Waals surface area contributed by atoms with Crippen molar-refractivity contribution in [2.45, 2.75) is 6.92 Å². The van der Waals surface area contributed by atoms with Crippen LogP contribution in [0.4, 0.5) is 10.5 Å². The second kappa shape index (κ2) is 10.7. The summed E-state index contributed by atoms with van der Waals surface area (Å²) in [5.74, 6) is -1.22. The van der Waals surface area contributed by atoms with E-state index in [1.54, 1.807) is 85.2 Å². The monoisotopic (exact) mass is 446 g/mol. The van der Waals surface area contributed by atoms with Gasteiger partial charge in [-0.1, -0.05) is 36.4 Å². The molecule has 0 radical (unpaired) electrons. The lowest BCUT2D eigenvalue weighted by molar-refractivity contribution is 0.0707. The fraction of sp³-hybridized carbons (Fsp3) is 0.0833. The third kappa shape index (κ3) is 5.60. The van der Waals surface area contributed by atoms with Gasteiger partial charge in [0.1, 0.15) is 5.84 Å². The Balaban J connectivity index is 1.81. The first-order valence-corrected chi connectivity index (χ1v) is 10.0. The Kier molecular flexibility index (Phi) is 7.51. The molecule has 9 heteroatoms. The molecule has 0 atom stereocenters. The van der Waals surface area contributed by atoms with Gasteiger partial charge in [-0.05, 0) is 54.4 Å². The lowest BCUT2D eigenvalue weighted by Gasteiger charge is -2.13. The molecule has 3 amide bonds. The maximum absolute atomic E-state index is 13.0. The van der Waals surface area contributed by atoms with Crippen LogP contribution in [0.15, 0.2) is 72.8 Å². The van der Waals surface area contributed by atoms with E-state index in [0.29, 0.717) is 27.9 Å². The van der Waals surface area contributed by atoms with Crippen molar-refractivity contribution < 1.29 is 24.3 Å². The van der Waals surface area contributed by atoms with Crippen LogP contribution in [0, 0.1) is 5.41 Å². The number of nitrogens with one attached hydrogen (secondary N) is 4. The summed E-state index contributed by atoms with van der Waals surface area (Å²) in [6.07, 6.45) is -0.716. The molecule has 3 rings (SSSR count). The highest BCUT2D eigenvalue weighted by molar-refractivity contribution is 6.11. The average molecular weight is 446 g/mol. The number of amides is 3. The van der Waals surface area contributed by atoms with Crippen molar-refractivity contribution in [3.05, 3.63) is 89.5 Å². The molecule has 0 aliphatic heterocycles. The van der Waals surface area contributed by atoms with Gasteiger partial charge in [-0.25, -0.2) is 10.3 Å². The maximum Gasteiger partial charge on any atom is 0.412 e. The molecule has 0 aromatic heterocycles. The van der Waals surface area contributed by atoms with Gasteiger partial charge < -0.3 is 10.1 Å². The van der Waals surface area contributed by atoms with Gasteiger partial charge in [0.2, 0.25) is 0 Å². The van der Waals surface area contributed by atoms with Crippen LogP contribution in [-0.4, -0.2) is 35.6 Å². The van der Waals surface area contributed by atoms with Crippen LogP contribution in [-0.2, 0) is 4.74 Å². The number of hydrogen-bond donors (Lipinski definition) is 5. The number of carbonyl (C=O) groups is 3. The first-order valence-electron chi connectivity index (χ1n) is 10.0. The molecular formula is C24H22N4O5. The number of amidine groups is 1. The molecule has 0 aliphatic rings. The zero-order chi connectivity index (χ0) is 23.8. The molecule has 168 valence electrons. The van der Waals surface area contributed by atoms with E-state index in [-0.39, 0.29) is 18.0 Å². The van der Waals surface area contributed by atoms with Crippen LogP contribution >= 0.6 is 0 Å². The lowest BCUT2D eigenvalue weighted by Crippen LogP contribution is -2.31. The molecule has 3 aromatic carbocycles. The predicted molar refractivity (Wildman–Crippen MR) is 123 cm³/mol. The molecule has 3 aromatic rings. The van der Waals surface area contributed by atoms with E-state index >= 15 is 0 Å². The Morgan fingerprint density at radius 3 is 1.94 bits per heavy atom. The molecule has 0 spiro atoms. The summed E-state index contributed by atoms with van der Waals surface area (Å²) in [6, 6.07) is 19.8. The Morgan fingerprint density at radius 2 is 1.39 bits per heavy atom. The summed E-state index contributed by atoms with van der Waals surface area (Å²) >= 11 is 0. The first-order chi connectivity index (χ1) is 15.9. The fourth-order valence-corrected chi connectivity index (χ4v) is 3.15. The highest BCUT2D eigenvalue weighted by Crippen LogP contribution is 2.28. The first kappa shape index (κ1) is 23.2. The van der Waals surface area contributed by atoms with E-state index in [2.05, 4.69) is 10.6 Å². The number of ether oxygens (including phenoxy) is 1. The van der Waals surface area contributed by atoms with E-state index in [1.165, 1.54) is 0 Å². The number of hydrogen-bond acceptors (Lipinski definition) is 6. The van der Waals surface area contributed by atoms with Gasteiger partial charge in [0.15, 0.2) is 0 Å². The molecule has 5 N–H and O–H groups in total. The zero-order valence-electron chi connectivity index (χ0n) is 17.7. The highest BCUT2D eigenvalue weighted by Gasteiger charge is 2.18. The molecule has 0 unspecified atom stereocenters. The number of benzene rings is 3. The van der Waals surface area contributed by atoms with Crippen molar-refractivity contribution >= 4 is 29.4 Å². The topological polar surface area (TPSA) is 141 Å². The summed E-state index contributed by atoms with van der Waals surface area (Å²) < 4.78 is 4.75. The number of hydroxylamine groups is 1. The summed E-state index contributed by atoms with van der Waals surface area (Å²) in [5.41, 5.74) is 4.09. The second-order valence-electron chi connectivity index (χ2n) is 6.78. The van der Waals surface area contributed by atoms with Crippen LogP contribution in [0.3, 0.4) is 0 Å². The van der Waals surface area contributed by atoms with Gasteiger partial charge in [0, 0.05) is 22.4 Å². The third-order valence-electron chi connectivity index (χ3n) is 4.67. The van der Waals surface area contributed by atoms with E-state index < -0.39 is 17.9 Å². The molecule has 9 nitrogen and oxygen atoms in total. The van der Waals surface area contributed by atoms with Gasteiger partial charge in [0.05, 0.1) is 6.61 Å². The second-order valence-corrected chi connectivity index (χ2v) is 6.78. The summed E-state index contributed by atoms with van der Waals surface area (Å²) in [5, 5.41) is 22.1. The lowest BCUT2D eigenvalue weighted by atomic mass is 9.94. The van der Waals surface area contributed by atoms with Crippen LogP contribution in [0.25, 0.3) is 11.1 Å². The average Bonchev–Trinajstić information content (AvgIpc) is 2.84. The van der Waals surface area contributed by atoms with E-state index in [9.17, 15) is 14.4 Å². The van der Waals surface area contributed by atoms with Crippen molar-refractivity contribution in [1.82, 2.24) is 10.8 Å². The molecule has 33 heavy (non-hydrogen) atoms. The van der Waals surface area contributed by atoms with E-state index in [1.807, 2.05) is 0 Å². The Hall–Kier alpha value is -4.50. The minimum atomic E-state index is -0.716. The molecule has 0 saturated heterocycles. The molecular weight excluding hydrogens is 424 g/mol. The van der Waals surface area contributed by atoms with E-state index in [4.69, 9.17) is 15.4 Å². The standard InChI is InChI=1S/C24H22N4O5/c1-2-33-24(31)27-21(25)15-11-13-16(14-12-15)26-22(29)19-9-5-3-7-17(19)18-8-4-6-10-20(18)23(30)28-32/h3-14,32H,2H2,1H3,(H,26,29)(H,28,30)(H2,25,27,31). The maximum atomic E-state index is 13.0. The van der Waals surface area contributed by atoms with Gasteiger partial charge in [0.25, 0.3) is 11.8 Å². The number of alkyl carbamates (subject to hydrolysis) is 1. The quantitative estimate of drug-likeness (QED) is 0.170. The largest absolute Gasteiger partial charge is 0.450 e. The SMILES string of the molecule is CCOC(=O)NC(=N)c1ccc(NC(=O)c2ccccc2-c2ccccc2C(=O)NO)cc1. The Morgan fingerprint density at radius 1 is 0.848 bits per heavy atom. The van der Waals surface area contributed by atoms with Crippen LogP contribution in [0.2, 0.25) is 0 Å². The number of anilines is 1. The van der Waals surface area contributed by atoms with Gasteiger partial charge in [-0.3, -0.25) is 25.5 Å². The number of carbonyl (C=O) groups excluding carboxylic acids is 3. The minimum Gasteiger partial charge on any atom is -0.450 e. The molecule has 0 heterocycles. The van der Waals surface area contributed by atoms with Gasteiger partial charge in [-0.15, -0.1) is 0 Å². The van der Waals surface area contributed by atoms with Crippen LogP contribution < -0.4 is 16.1 Å². The normalized spacial score (nSPS) is 10.1. The van der Waals surface area contributed by atoms with Crippen molar-refractivity contribution in [2.24, 2.45) is 0 Å². The molecule has 0 bridgehead atoms. The van der Waals surface area contributed by atoms with Gasteiger partial charge in [-0.2, -0.15) is 0 Å². The summed E-state index contributed by atoms with van der Waals surface area (Å²) in [6.45, 7) is 1.86. The van der Waals surface area contributed by atoms with Crippen LogP contribution in [0.1, 0.15) is 33.2 Å². The summed E-state index contributed by atoms with van der Waals surface area (Å²) in [7, 11) is 0. The smallest absolute Gasteiger partial charge is 0.412 e. The minimum absolute atomic E-state index is 0.129. The molecule has 0 fully saturated rings. The Labute approximate surface area is 189 Å². The van der Waals surface area contributed by atoms with Crippen molar-refractivity contribution in [3.63, 3.8) is 0 Å². The summed E-state index contributed by atoms with van der Waals surface area (Å²) in [4.78, 5) is 36.5. The fourth-order valence-electron chi connectivity index (χ4n) is 3.15. The predicted octanol–water partition coefficient (Wildman–Crippen LogP) is 3.80. The van der Waals surface area contributed by atoms with Crippen LogP contribution in [0.5, 0.6) is 0 Å².